The van der Waals surface area contributed by atoms with Crippen molar-refractivity contribution in [1.82, 2.24) is 15.0 Å². The van der Waals surface area contributed by atoms with E-state index in [9.17, 15) is 4.39 Å². The normalized spacial score (nSPS) is 16.0. The summed E-state index contributed by atoms with van der Waals surface area (Å²) in [5.74, 6) is 0.334. The minimum Gasteiger partial charge on any atom is -0.474 e. The number of ether oxygens (including phenoxy) is 1. The first-order chi connectivity index (χ1) is 10.2. The van der Waals surface area contributed by atoms with Gasteiger partial charge >= 0.3 is 0 Å². The molecule has 0 N–H and O–H groups in total. The first-order valence-corrected chi connectivity index (χ1v) is 7.10. The monoisotopic (exact) mass is 308 g/mol. The van der Waals surface area contributed by atoms with Crippen LogP contribution in [0.25, 0.3) is 0 Å². The molecule has 1 saturated heterocycles. The minimum atomic E-state index is -0.531. The molecular formula is C14H14ClFN4O. The number of aromatic nitrogens is 3. The van der Waals surface area contributed by atoms with Crippen LogP contribution in [0.1, 0.15) is 12.8 Å². The van der Waals surface area contributed by atoms with Crippen LogP contribution in [0.15, 0.2) is 30.7 Å². The first kappa shape index (κ1) is 14.0. The Morgan fingerprint density at radius 2 is 1.90 bits per heavy atom. The fourth-order valence-corrected chi connectivity index (χ4v) is 2.43. The Balaban J connectivity index is 1.58. The Morgan fingerprint density at radius 3 is 2.57 bits per heavy atom. The van der Waals surface area contributed by atoms with E-state index < -0.39 is 5.95 Å². The number of rotatable bonds is 3. The highest BCUT2D eigenvalue weighted by Crippen LogP contribution is 2.22. The zero-order chi connectivity index (χ0) is 14.7. The van der Waals surface area contributed by atoms with Gasteiger partial charge in [0.05, 0.1) is 5.02 Å². The second-order valence-corrected chi connectivity index (χ2v) is 5.23. The molecule has 5 nitrogen and oxygen atoms in total. The van der Waals surface area contributed by atoms with Gasteiger partial charge in [-0.1, -0.05) is 11.6 Å². The lowest BCUT2D eigenvalue weighted by Crippen LogP contribution is -2.39. The van der Waals surface area contributed by atoms with E-state index in [1.54, 1.807) is 18.3 Å². The van der Waals surface area contributed by atoms with Crippen molar-refractivity contribution in [1.29, 1.82) is 0 Å². The number of nitrogens with zero attached hydrogens (tertiary/aromatic N) is 4. The lowest BCUT2D eigenvalue weighted by Gasteiger charge is -2.32. The molecule has 1 fully saturated rings. The molecule has 1 aliphatic rings. The van der Waals surface area contributed by atoms with E-state index in [0.717, 1.165) is 12.8 Å². The first-order valence-electron chi connectivity index (χ1n) is 6.72. The van der Waals surface area contributed by atoms with Crippen LogP contribution in [0.3, 0.4) is 0 Å². The lowest BCUT2D eigenvalue weighted by molar-refractivity contribution is 0.163. The number of anilines is 1. The molecule has 2 aromatic rings. The van der Waals surface area contributed by atoms with Gasteiger partial charge in [0.1, 0.15) is 6.10 Å². The second-order valence-electron chi connectivity index (χ2n) is 4.79. The Labute approximate surface area is 126 Å². The molecule has 0 saturated carbocycles. The molecule has 0 aromatic carbocycles. The van der Waals surface area contributed by atoms with Gasteiger partial charge in [-0.05, 0) is 6.07 Å². The van der Waals surface area contributed by atoms with Gasteiger partial charge in [0.2, 0.25) is 5.88 Å². The zero-order valence-electron chi connectivity index (χ0n) is 11.2. The van der Waals surface area contributed by atoms with Crippen molar-refractivity contribution in [3.8, 4) is 5.88 Å². The van der Waals surface area contributed by atoms with Gasteiger partial charge in [-0.2, -0.15) is 4.39 Å². The molecule has 7 heteroatoms. The average Bonchev–Trinajstić information content (AvgIpc) is 2.51. The third kappa shape index (κ3) is 3.39. The second kappa shape index (κ2) is 6.22. The quantitative estimate of drug-likeness (QED) is 0.872. The van der Waals surface area contributed by atoms with Crippen LogP contribution in [-0.4, -0.2) is 34.1 Å². The van der Waals surface area contributed by atoms with Gasteiger partial charge in [0, 0.05) is 50.6 Å². The van der Waals surface area contributed by atoms with Crippen molar-refractivity contribution in [3.05, 3.63) is 41.7 Å². The number of hydrogen-bond donors (Lipinski definition) is 0. The largest absolute Gasteiger partial charge is 0.474 e. The van der Waals surface area contributed by atoms with Gasteiger partial charge < -0.3 is 9.64 Å². The van der Waals surface area contributed by atoms with Crippen LogP contribution in [0.2, 0.25) is 5.02 Å². The SMILES string of the molecule is Fc1nccnc1N1CCC(Oc2ccc(Cl)cn2)CC1. The van der Waals surface area contributed by atoms with Crippen LogP contribution in [0.5, 0.6) is 5.88 Å². The van der Waals surface area contributed by atoms with Crippen molar-refractivity contribution < 1.29 is 9.13 Å². The summed E-state index contributed by atoms with van der Waals surface area (Å²) in [6, 6.07) is 3.49. The molecule has 3 heterocycles. The maximum absolute atomic E-state index is 13.6. The molecule has 3 rings (SSSR count). The standard InChI is InChI=1S/C14H14ClFN4O/c15-10-1-2-12(19-9-10)21-11-3-7-20(8-4-11)14-13(16)17-5-6-18-14/h1-2,5-6,9,11H,3-4,7-8H2. The topological polar surface area (TPSA) is 51.1 Å². The Bertz CT molecular complexity index is 602. The molecule has 110 valence electrons. The fraction of sp³-hybridized carbons (Fsp3) is 0.357. The molecule has 0 amide bonds. The molecule has 0 unspecified atom stereocenters. The summed E-state index contributed by atoms with van der Waals surface area (Å²) in [5, 5.41) is 0.579. The maximum Gasteiger partial charge on any atom is 0.255 e. The van der Waals surface area contributed by atoms with E-state index in [2.05, 4.69) is 15.0 Å². The summed E-state index contributed by atoms with van der Waals surface area (Å²) in [7, 11) is 0. The highest BCUT2D eigenvalue weighted by atomic mass is 35.5. The summed E-state index contributed by atoms with van der Waals surface area (Å²) in [5.41, 5.74) is 0. The molecule has 1 aliphatic heterocycles. The molecule has 0 aliphatic carbocycles. The highest BCUT2D eigenvalue weighted by molar-refractivity contribution is 6.30. The summed E-state index contributed by atoms with van der Waals surface area (Å²) in [6.07, 6.45) is 6.02. The molecule has 2 aromatic heterocycles. The third-order valence-electron chi connectivity index (χ3n) is 3.37. The molecule has 0 atom stereocenters. The summed E-state index contributed by atoms with van der Waals surface area (Å²) >= 11 is 5.78. The smallest absolute Gasteiger partial charge is 0.255 e. The zero-order valence-corrected chi connectivity index (χ0v) is 12.0. The van der Waals surface area contributed by atoms with Gasteiger partial charge in [0.15, 0.2) is 5.82 Å². The predicted octanol–water partition coefficient (Wildman–Crippen LogP) is 2.71. The van der Waals surface area contributed by atoms with Crippen molar-refractivity contribution in [2.24, 2.45) is 0 Å². The van der Waals surface area contributed by atoms with E-state index >= 15 is 0 Å². The van der Waals surface area contributed by atoms with Crippen LogP contribution in [0, 0.1) is 5.95 Å². The average molecular weight is 309 g/mol. The molecular weight excluding hydrogens is 295 g/mol. The van der Waals surface area contributed by atoms with E-state index in [4.69, 9.17) is 16.3 Å². The summed E-state index contributed by atoms with van der Waals surface area (Å²) < 4.78 is 19.4. The fourth-order valence-electron chi connectivity index (χ4n) is 2.31. The number of hydrogen-bond acceptors (Lipinski definition) is 5. The summed E-state index contributed by atoms with van der Waals surface area (Å²) in [6.45, 7) is 1.35. The van der Waals surface area contributed by atoms with Gasteiger partial charge in [-0.15, -0.1) is 0 Å². The van der Waals surface area contributed by atoms with Crippen molar-refractivity contribution in [2.45, 2.75) is 18.9 Å². The molecule has 21 heavy (non-hydrogen) atoms. The van der Waals surface area contributed by atoms with Gasteiger partial charge in [-0.3, -0.25) is 0 Å². The predicted molar refractivity (Wildman–Crippen MR) is 77.1 cm³/mol. The number of halogens is 2. The lowest BCUT2D eigenvalue weighted by atomic mass is 10.1. The maximum atomic E-state index is 13.6. The van der Waals surface area contributed by atoms with Crippen molar-refractivity contribution >= 4 is 17.4 Å². The van der Waals surface area contributed by atoms with E-state index in [1.165, 1.54) is 12.4 Å². The highest BCUT2D eigenvalue weighted by Gasteiger charge is 2.23. The van der Waals surface area contributed by atoms with Crippen LogP contribution in [-0.2, 0) is 0 Å². The number of pyridine rings is 1. The number of piperidine rings is 1. The summed E-state index contributed by atoms with van der Waals surface area (Å²) in [4.78, 5) is 13.7. The van der Waals surface area contributed by atoms with E-state index in [0.29, 0.717) is 29.8 Å². The Hall–Kier alpha value is -1.95. The van der Waals surface area contributed by atoms with Crippen molar-refractivity contribution in [2.75, 3.05) is 18.0 Å². The van der Waals surface area contributed by atoms with Crippen LogP contribution < -0.4 is 9.64 Å². The minimum absolute atomic E-state index is 0.0645. The van der Waals surface area contributed by atoms with E-state index in [-0.39, 0.29) is 6.10 Å². The Kier molecular flexibility index (Phi) is 4.15. The van der Waals surface area contributed by atoms with Crippen LogP contribution in [0.4, 0.5) is 10.2 Å². The molecule has 0 spiro atoms. The van der Waals surface area contributed by atoms with Crippen LogP contribution >= 0.6 is 11.6 Å². The van der Waals surface area contributed by atoms with Crippen molar-refractivity contribution in [3.63, 3.8) is 0 Å². The molecule has 0 radical (unpaired) electrons. The third-order valence-corrected chi connectivity index (χ3v) is 3.59. The molecule has 0 bridgehead atoms. The Morgan fingerprint density at radius 1 is 1.14 bits per heavy atom. The van der Waals surface area contributed by atoms with E-state index in [1.807, 2.05) is 4.90 Å². The van der Waals surface area contributed by atoms with Gasteiger partial charge in [0.25, 0.3) is 5.95 Å². The van der Waals surface area contributed by atoms with Gasteiger partial charge in [-0.25, -0.2) is 15.0 Å².